The van der Waals surface area contributed by atoms with Crippen molar-refractivity contribution in [3.63, 3.8) is 0 Å². The standard InChI is InChI=1S/C22H21NO5/c1-14(21(25)17-13-23-18-9-5-4-8-16(17)18)28-20(24)12-11-15-7-6-10-19(26-2)22(15)27-3/h4-14,23H,1-3H3/b12-11+/t14-/m1/s1. The molecule has 0 fully saturated rings. The van der Waals surface area contributed by atoms with E-state index in [0.717, 1.165) is 10.9 Å². The number of carbonyl (C=O) groups is 2. The predicted molar refractivity (Wildman–Crippen MR) is 107 cm³/mol. The van der Waals surface area contributed by atoms with Gasteiger partial charge in [0.15, 0.2) is 17.6 Å². The van der Waals surface area contributed by atoms with E-state index in [9.17, 15) is 9.59 Å². The Morgan fingerprint density at radius 1 is 1.04 bits per heavy atom. The lowest BCUT2D eigenvalue weighted by Gasteiger charge is -2.11. The van der Waals surface area contributed by atoms with E-state index in [0.29, 0.717) is 22.6 Å². The highest BCUT2D eigenvalue weighted by Gasteiger charge is 2.21. The van der Waals surface area contributed by atoms with Gasteiger partial charge in [0.05, 0.1) is 14.2 Å². The van der Waals surface area contributed by atoms with Gasteiger partial charge in [-0.2, -0.15) is 0 Å². The molecule has 6 heteroatoms. The monoisotopic (exact) mass is 379 g/mol. The molecule has 1 heterocycles. The van der Waals surface area contributed by atoms with E-state index >= 15 is 0 Å². The van der Waals surface area contributed by atoms with Crippen molar-refractivity contribution in [2.75, 3.05) is 14.2 Å². The summed E-state index contributed by atoms with van der Waals surface area (Å²) in [5.74, 6) is 0.182. The van der Waals surface area contributed by atoms with Crippen LogP contribution in [0.15, 0.2) is 54.7 Å². The minimum absolute atomic E-state index is 0.266. The quantitative estimate of drug-likeness (QED) is 0.381. The highest BCUT2D eigenvalue weighted by Crippen LogP contribution is 2.31. The number of ketones is 1. The Morgan fingerprint density at radius 2 is 1.82 bits per heavy atom. The van der Waals surface area contributed by atoms with Crippen LogP contribution in [-0.2, 0) is 9.53 Å². The molecule has 0 unspecified atom stereocenters. The summed E-state index contributed by atoms with van der Waals surface area (Å²) in [7, 11) is 3.06. The van der Waals surface area contributed by atoms with E-state index in [1.807, 2.05) is 24.3 Å². The van der Waals surface area contributed by atoms with Crippen LogP contribution in [0.25, 0.3) is 17.0 Å². The summed E-state index contributed by atoms with van der Waals surface area (Å²) in [5, 5.41) is 0.798. The predicted octanol–water partition coefficient (Wildman–Crippen LogP) is 4.01. The maximum atomic E-state index is 12.7. The van der Waals surface area contributed by atoms with Gasteiger partial charge in [0.25, 0.3) is 0 Å². The molecule has 1 aromatic heterocycles. The van der Waals surface area contributed by atoms with Gasteiger partial charge in [0.1, 0.15) is 0 Å². The van der Waals surface area contributed by atoms with E-state index < -0.39 is 12.1 Å². The molecule has 2 aromatic carbocycles. The fraction of sp³-hybridized carbons (Fsp3) is 0.182. The molecule has 0 bridgehead atoms. The Hall–Kier alpha value is -3.54. The molecule has 0 spiro atoms. The van der Waals surface area contributed by atoms with Crippen LogP contribution in [0.3, 0.4) is 0 Å². The molecule has 0 saturated heterocycles. The summed E-state index contributed by atoms with van der Waals surface area (Å²) < 4.78 is 15.8. The lowest BCUT2D eigenvalue weighted by atomic mass is 10.1. The van der Waals surface area contributed by atoms with Crippen LogP contribution in [-0.4, -0.2) is 37.1 Å². The third kappa shape index (κ3) is 3.91. The molecule has 1 atom stereocenters. The van der Waals surface area contributed by atoms with Gasteiger partial charge in [0.2, 0.25) is 5.78 Å². The van der Waals surface area contributed by atoms with Crippen molar-refractivity contribution in [2.45, 2.75) is 13.0 Å². The topological polar surface area (TPSA) is 77.6 Å². The van der Waals surface area contributed by atoms with Crippen LogP contribution >= 0.6 is 0 Å². The minimum Gasteiger partial charge on any atom is -0.493 e. The van der Waals surface area contributed by atoms with Gasteiger partial charge >= 0.3 is 5.97 Å². The Balaban J connectivity index is 1.71. The van der Waals surface area contributed by atoms with Gasteiger partial charge in [-0.05, 0) is 25.1 Å². The van der Waals surface area contributed by atoms with Crippen molar-refractivity contribution in [2.24, 2.45) is 0 Å². The highest BCUT2D eigenvalue weighted by atomic mass is 16.5. The number of carbonyl (C=O) groups excluding carboxylic acids is 2. The largest absolute Gasteiger partial charge is 0.493 e. The molecule has 0 aliphatic heterocycles. The van der Waals surface area contributed by atoms with Crippen molar-refractivity contribution in [1.29, 1.82) is 0 Å². The first-order chi connectivity index (χ1) is 13.5. The Morgan fingerprint density at radius 3 is 2.57 bits per heavy atom. The molecule has 28 heavy (non-hydrogen) atoms. The summed E-state index contributed by atoms with van der Waals surface area (Å²) in [6, 6.07) is 12.8. The molecule has 3 aromatic rings. The summed E-state index contributed by atoms with van der Waals surface area (Å²) in [6.07, 6.45) is 3.54. The first-order valence-corrected chi connectivity index (χ1v) is 8.75. The summed E-state index contributed by atoms with van der Waals surface area (Å²) in [5.41, 5.74) is 2.01. The number of benzene rings is 2. The lowest BCUT2D eigenvalue weighted by molar-refractivity contribution is -0.140. The van der Waals surface area contributed by atoms with Crippen LogP contribution in [0.4, 0.5) is 0 Å². The van der Waals surface area contributed by atoms with Crippen LogP contribution in [0.1, 0.15) is 22.8 Å². The third-order valence-corrected chi connectivity index (χ3v) is 4.35. The van der Waals surface area contributed by atoms with Crippen molar-refractivity contribution in [1.82, 2.24) is 4.98 Å². The molecule has 0 radical (unpaired) electrons. The summed E-state index contributed by atoms with van der Waals surface area (Å²) >= 11 is 0. The Labute approximate surface area is 162 Å². The zero-order valence-electron chi connectivity index (χ0n) is 15.9. The summed E-state index contributed by atoms with van der Waals surface area (Å²) in [6.45, 7) is 1.56. The average molecular weight is 379 g/mol. The first-order valence-electron chi connectivity index (χ1n) is 8.75. The second-order valence-electron chi connectivity index (χ2n) is 6.11. The zero-order chi connectivity index (χ0) is 20.1. The zero-order valence-corrected chi connectivity index (χ0v) is 15.9. The van der Waals surface area contributed by atoms with Crippen LogP contribution in [0, 0.1) is 0 Å². The van der Waals surface area contributed by atoms with Crippen molar-refractivity contribution >= 4 is 28.7 Å². The summed E-state index contributed by atoms with van der Waals surface area (Å²) in [4.78, 5) is 27.9. The maximum absolute atomic E-state index is 12.7. The number of rotatable bonds is 7. The smallest absolute Gasteiger partial charge is 0.331 e. The molecule has 0 aliphatic carbocycles. The maximum Gasteiger partial charge on any atom is 0.331 e. The van der Waals surface area contributed by atoms with Crippen molar-refractivity contribution in [3.8, 4) is 11.5 Å². The number of methoxy groups -OCH3 is 2. The SMILES string of the molecule is COc1cccc(/C=C/C(=O)O[C@H](C)C(=O)c2c[nH]c3ccccc23)c1OC. The fourth-order valence-corrected chi connectivity index (χ4v) is 2.96. The average Bonchev–Trinajstić information content (AvgIpc) is 3.15. The second-order valence-corrected chi connectivity index (χ2v) is 6.11. The number of H-pyrrole nitrogens is 1. The number of hydrogen-bond acceptors (Lipinski definition) is 5. The number of fused-ring (bicyclic) bond motifs is 1. The molecular weight excluding hydrogens is 358 g/mol. The minimum atomic E-state index is -0.913. The number of esters is 1. The molecule has 1 N–H and O–H groups in total. The van der Waals surface area contributed by atoms with Gasteiger partial charge in [-0.15, -0.1) is 0 Å². The first kappa shape index (κ1) is 19.2. The fourth-order valence-electron chi connectivity index (χ4n) is 2.96. The number of aromatic nitrogens is 1. The van der Waals surface area contributed by atoms with E-state index in [1.54, 1.807) is 37.4 Å². The van der Waals surface area contributed by atoms with E-state index in [4.69, 9.17) is 14.2 Å². The van der Waals surface area contributed by atoms with Crippen molar-refractivity contribution < 1.29 is 23.8 Å². The van der Waals surface area contributed by atoms with Crippen LogP contribution < -0.4 is 9.47 Å². The van der Waals surface area contributed by atoms with E-state index in [-0.39, 0.29) is 5.78 Å². The second kappa shape index (κ2) is 8.43. The molecular formula is C22H21NO5. The molecule has 0 amide bonds. The number of ether oxygens (including phenoxy) is 3. The van der Waals surface area contributed by atoms with Gasteiger partial charge in [-0.1, -0.05) is 30.3 Å². The highest BCUT2D eigenvalue weighted by molar-refractivity contribution is 6.10. The molecule has 6 nitrogen and oxygen atoms in total. The van der Waals surface area contributed by atoms with Crippen molar-refractivity contribution in [3.05, 3.63) is 65.9 Å². The van der Waals surface area contributed by atoms with E-state index in [2.05, 4.69) is 4.98 Å². The lowest BCUT2D eigenvalue weighted by Crippen LogP contribution is -2.23. The molecule has 0 aliphatic rings. The van der Waals surface area contributed by atoms with Crippen LogP contribution in [0.5, 0.6) is 11.5 Å². The Bertz CT molecular complexity index is 1030. The molecule has 3 rings (SSSR count). The Kier molecular flexibility index (Phi) is 5.79. The van der Waals surface area contributed by atoms with Gasteiger partial charge < -0.3 is 19.2 Å². The number of aromatic amines is 1. The van der Waals surface area contributed by atoms with Gasteiger partial charge in [0, 0.05) is 34.3 Å². The van der Waals surface area contributed by atoms with Crippen LogP contribution in [0.2, 0.25) is 0 Å². The number of para-hydroxylation sites is 2. The molecule has 144 valence electrons. The third-order valence-electron chi connectivity index (χ3n) is 4.35. The number of nitrogens with one attached hydrogen (secondary N) is 1. The number of Topliss-reactive ketones (excluding diaryl/α,β-unsaturated/α-hetero) is 1. The van der Waals surface area contributed by atoms with Gasteiger partial charge in [-0.3, -0.25) is 4.79 Å². The number of hydrogen-bond donors (Lipinski definition) is 1. The van der Waals surface area contributed by atoms with E-state index in [1.165, 1.54) is 20.3 Å². The van der Waals surface area contributed by atoms with Gasteiger partial charge in [-0.25, -0.2) is 4.79 Å². The normalized spacial score (nSPS) is 12.1. The molecule has 0 saturated carbocycles.